The molecule has 0 radical (unpaired) electrons. The molecule has 1 amide bonds. The quantitative estimate of drug-likeness (QED) is 0.878. The van der Waals surface area contributed by atoms with Crippen molar-refractivity contribution in [3.8, 4) is 0 Å². The van der Waals surface area contributed by atoms with Crippen LogP contribution in [0.25, 0.3) is 0 Å². The van der Waals surface area contributed by atoms with Crippen molar-refractivity contribution in [2.24, 2.45) is 0 Å². The van der Waals surface area contributed by atoms with Gasteiger partial charge < -0.3 is 5.32 Å². The molecule has 1 unspecified atom stereocenters. The standard InChI is InChI=1S/C16H14N2OS/c19-15-14(13-9-5-2-6-10-13)17-16(20)18(15)11-12-7-3-1-4-8-12/h1-10,14H,11H2,(H,17,20). The fraction of sp³-hybridized carbons (Fsp3) is 0.125. The second-order valence-corrected chi connectivity index (χ2v) is 5.09. The number of rotatable bonds is 3. The monoisotopic (exact) mass is 282 g/mol. The van der Waals surface area contributed by atoms with Crippen LogP contribution >= 0.6 is 12.2 Å². The van der Waals surface area contributed by atoms with E-state index in [0.29, 0.717) is 11.7 Å². The Kier molecular flexibility index (Phi) is 3.48. The molecule has 100 valence electrons. The number of benzene rings is 2. The summed E-state index contributed by atoms with van der Waals surface area (Å²) in [5.74, 6) is 0.00468. The second-order valence-electron chi connectivity index (χ2n) is 4.70. The first-order valence-electron chi connectivity index (χ1n) is 6.46. The summed E-state index contributed by atoms with van der Waals surface area (Å²) >= 11 is 5.29. The number of carbonyl (C=O) groups is 1. The predicted molar refractivity (Wildman–Crippen MR) is 81.9 cm³/mol. The van der Waals surface area contributed by atoms with Crippen molar-refractivity contribution in [3.05, 3.63) is 71.8 Å². The van der Waals surface area contributed by atoms with Gasteiger partial charge in [-0.1, -0.05) is 60.7 Å². The van der Waals surface area contributed by atoms with Crippen molar-refractivity contribution in [3.63, 3.8) is 0 Å². The third-order valence-corrected chi connectivity index (χ3v) is 3.68. The van der Waals surface area contributed by atoms with E-state index in [1.165, 1.54) is 0 Å². The van der Waals surface area contributed by atoms with E-state index in [0.717, 1.165) is 11.1 Å². The van der Waals surface area contributed by atoms with Crippen LogP contribution in [0.5, 0.6) is 0 Å². The lowest BCUT2D eigenvalue weighted by Gasteiger charge is -2.14. The minimum absolute atomic E-state index is 0.00468. The summed E-state index contributed by atoms with van der Waals surface area (Å²) in [5.41, 5.74) is 2.01. The Balaban J connectivity index is 1.81. The number of hydrogen-bond acceptors (Lipinski definition) is 2. The average molecular weight is 282 g/mol. The van der Waals surface area contributed by atoms with E-state index in [1.807, 2.05) is 60.7 Å². The molecule has 1 N–H and O–H groups in total. The summed E-state index contributed by atoms with van der Waals surface area (Å²) in [4.78, 5) is 14.1. The van der Waals surface area contributed by atoms with Crippen molar-refractivity contribution < 1.29 is 4.79 Å². The molecular formula is C16H14N2OS. The third-order valence-electron chi connectivity index (χ3n) is 3.34. The second kappa shape index (κ2) is 5.43. The SMILES string of the molecule is O=C1C(c2ccccc2)NC(=S)N1Cc1ccccc1. The largest absolute Gasteiger partial charge is 0.347 e. The highest BCUT2D eigenvalue weighted by molar-refractivity contribution is 7.80. The van der Waals surface area contributed by atoms with Gasteiger partial charge in [0.25, 0.3) is 5.91 Å². The molecule has 1 aliphatic heterocycles. The van der Waals surface area contributed by atoms with Crippen molar-refractivity contribution in [2.75, 3.05) is 0 Å². The van der Waals surface area contributed by atoms with Crippen LogP contribution in [0.15, 0.2) is 60.7 Å². The maximum Gasteiger partial charge on any atom is 0.256 e. The predicted octanol–water partition coefficient (Wildman–Crippen LogP) is 2.64. The maximum absolute atomic E-state index is 12.5. The lowest BCUT2D eigenvalue weighted by atomic mass is 10.1. The summed E-state index contributed by atoms with van der Waals surface area (Å²) in [6.07, 6.45) is 0. The van der Waals surface area contributed by atoms with Crippen LogP contribution < -0.4 is 5.32 Å². The summed E-state index contributed by atoms with van der Waals surface area (Å²) in [7, 11) is 0. The molecule has 0 saturated carbocycles. The first-order chi connectivity index (χ1) is 9.75. The number of nitrogens with zero attached hydrogens (tertiary/aromatic N) is 1. The first kappa shape index (κ1) is 12.8. The van der Waals surface area contributed by atoms with E-state index in [4.69, 9.17) is 12.2 Å². The molecule has 3 nitrogen and oxygen atoms in total. The van der Waals surface area contributed by atoms with Gasteiger partial charge in [0.05, 0.1) is 6.54 Å². The van der Waals surface area contributed by atoms with Gasteiger partial charge in [-0.2, -0.15) is 0 Å². The fourth-order valence-corrected chi connectivity index (χ4v) is 2.58. The van der Waals surface area contributed by atoms with Gasteiger partial charge in [0.2, 0.25) is 0 Å². The molecule has 1 fully saturated rings. The van der Waals surface area contributed by atoms with E-state index in [9.17, 15) is 4.79 Å². The molecule has 1 saturated heterocycles. The van der Waals surface area contributed by atoms with E-state index < -0.39 is 0 Å². The molecule has 1 atom stereocenters. The molecule has 20 heavy (non-hydrogen) atoms. The normalized spacial score (nSPS) is 18.2. The zero-order valence-corrected chi connectivity index (χ0v) is 11.6. The van der Waals surface area contributed by atoms with Crippen molar-refractivity contribution in [1.29, 1.82) is 0 Å². The summed E-state index contributed by atoms with van der Waals surface area (Å²) < 4.78 is 0. The number of amides is 1. The molecule has 4 heteroatoms. The van der Waals surface area contributed by atoms with Gasteiger partial charge in [0, 0.05) is 0 Å². The van der Waals surface area contributed by atoms with Crippen LogP contribution in [0.3, 0.4) is 0 Å². The van der Waals surface area contributed by atoms with Crippen LogP contribution in [-0.4, -0.2) is 15.9 Å². The highest BCUT2D eigenvalue weighted by Crippen LogP contribution is 2.23. The zero-order valence-electron chi connectivity index (χ0n) is 10.8. The van der Waals surface area contributed by atoms with Crippen LogP contribution in [0.2, 0.25) is 0 Å². The Morgan fingerprint density at radius 2 is 1.60 bits per heavy atom. The van der Waals surface area contributed by atoms with Crippen molar-refractivity contribution >= 4 is 23.2 Å². The molecule has 3 rings (SSSR count). The molecule has 0 bridgehead atoms. The minimum Gasteiger partial charge on any atom is -0.347 e. The van der Waals surface area contributed by atoms with Crippen LogP contribution in [0.1, 0.15) is 17.2 Å². The smallest absolute Gasteiger partial charge is 0.256 e. The first-order valence-corrected chi connectivity index (χ1v) is 6.87. The van der Waals surface area contributed by atoms with Gasteiger partial charge in [0.1, 0.15) is 6.04 Å². The van der Waals surface area contributed by atoms with Gasteiger partial charge in [0.15, 0.2) is 5.11 Å². The Morgan fingerprint density at radius 3 is 2.25 bits per heavy atom. The summed E-state index contributed by atoms with van der Waals surface area (Å²) in [6, 6.07) is 19.1. The lowest BCUT2D eigenvalue weighted by Crippen LogP contribution is -2.30. The molecular weight excluding hydrogens is 268 g/mol. The zero-order chi connectivity index (χ0) is 13.9. The number of thiocarbonyl (C=S) groups is 1. The average Bonchev–Trinajstić information content (AvgIpc) is 2.77. The topological polar surface area (TPSA) is 32.3 Å². The minimum atomic E-state index is -0.368. The van der Waals surface area contributed by atoms with Gasteiger partial charge in [-0.25, -0.2) is 0 Å². The Labute approximate surface area is 123 Å². The van der Waals surface area contributed by atoms with Crippen molar-refractivity contribution in [1.82, 2.24) is 10.2 Å². The van der Waals surface area contributed by atoms with Crippen molar-refractivity contribution in [2.45, 2.75) is 12.6 Å². The van der Waals surface area contributed by atoms with E-state index in [2.05, 4.69) is 5.32 Å². The van der Waals surface area contributed by atoms with E-state index in [1.54, 1.807) is 4.90 Å². The molecule has 2 aromatic rings. The number of nitrogens with one attached hydrogen (secondary N) is 1. The molecule has 2 aromatic carbocycles. The van der Waals surface area contributed by atoms with Gasteiger partial charge in [-0.05, 0) is 23.3 Å². The number of carbonyl (C=O) groups excluding carboxylic acids is 1. The third kappa shape index (κ3) is 2.42. The molecule has 0 aliphatic carbocycles. The Hall–Kier alpha value is -2.20. The highest BCUT2D eigenvalue weighted by atomic mass is 32.1. The lowest BCUT2D eigenvalue weighted by molar-refractivity contribution is -0.127. The molecule has 1 aliphatic rings. The van der Waals surface area contributed by atoms with E-state index in [-0.39, 0.29) is 11.9 Å². The van der Waals surface area contributed by atoms with E-state index >= 15 is 0 Å². The Morgan fingerprint density at radius 1 is 1.00 bits per heavy atom. The summed E-state index contributed by atoms with van der Waals surface area (Å²) in [5, 5.41) is 3.59. The van der Waals surface area contributed by atoms with Gasteiger partial charge >= 0.3 is 0 Å². The molecule has 0 spiro atoms. The fourth-order valence-electron chi connectivity index (χ4n) is 2.31. The van der Waals surface area contributed by atoms with Crippen LogP contribution in [0.4, 0.5) is 0 Å². The van der Waals surface area contributed by atoms with Gasteiger partial charge in [-0.3, -0.25) is 9.69 Å². The molecule has 1 heterocycles. The highest BCUT2D eigenvalue weighted by Gasteiger charge is 2.36. The van der Waals surface area contributed by atoms with Gasteiger partial charge in [-0.15, -0.1) is 0 Å². The number of hydrogen-bond donors (Lipinski definition) is 1. The van der Waals surface area contributed by atoms with Crippen LogP contribution in [-0.2, 0) is 11.3 Å². The van der Waals surface area contributed by atoms with Crippen LogP contribution in [0, 0.1) is 0 Å². The molecule has 0 aromatic heterocycles. The maximum atomic E-state index is 12.5. The Bertz CT molecular complexity index is 627. The summed E-state index contributed by atoms with van der Waals surface area (Å²) in [6.45, 7) is 0.509.